The molecular weight excluding hydrogens is 199 g/mol. The van der Waals surface area contributed by atoms with Crippen molar-refractivity contribution >= 4 is 13.2 Å². The first-order valence-corrected chi connectivity index (χ1v) is 5.74. The predicted molar refractivity (Wildman–Crippen MR) is 68.3 cm³/mol. The van der Waals surface area contributed by atoms with Crippen LogP contribution in [0.1, 0.15) is 36.7 Å². The molecule has 0 bridgehead atoms. The Morgan fingerprint density at radius 2 is 1.81 bits per heavy atom. The Bertz CT molecular complexity index is 349. The molecule has 0 aliphatic rings. The number of ether oxygens (including phenoxy) is 1. The first kappa shape index (κ1) is 12.8. The van der Waals surface area contributed by atoms with Crippen molar-refractivity contribution < 1.29 is 9.53 Å². The van der Waals surface area contributed by atoms with E-state index in [4.69, 9.17) is 4.74 Å². The van der Waals surface area contributed by atoms with Gasteiger partial charge >= 0.3 is 5.97 Å². The fourth-order valence-corrected chi connectivity index (χ4v) is 1.43. The quantitative estimate of drug-likeness (QED) is 0.575. The van der Waals surface area contributed by atoms with Crippen LogP contribution in [0.2, 0.25) is 6.82 Å². The molecule has 0 aliphatic carbocycles. The van der Waals surface area contributed by atoms with Crippen molar-refractivity contribution in [2.24, 2.45) is 0 Å². The molecule has 1 aromatic rings. The minimum atomic E-state index is -0.431. The van der Waals surface area contributed by atoms with E-state index < -0.39 is 5.60 Å². The van der Waals surface area contributed by atoms with Crippen molar-refractivity contribution in [3.8, 4) is 0 Å². The highest BCUT2D eigenvalue weighted by Gasteiger charge is 2.17. The molecule has 0 unspecified atom stereocenters. The maximum absolute atomic E-state index is 11.7. The molecule has 0 atom stereocenters. The molecule has 0 N–H and O–H groups in total. The second-order valence-electron chi connectivity index (χ2n) is 4.95. The molecule has 0 amide bonds. The molecule has 16 heavy (non-hydrogen) atoms. The summed E-state index contributed by atoms with van der Waals surface area (Å²) in [5.74, 6) is -0.254. The first-order valence-electron chi connectivity index (χ1n) is 5.74. The lowest BCUT2D eigenvalue weighted by Crippen LogP contribution is -2.23. The Morgan fingerprint density at radius 1 is 1.25 bits per heavy atom. The lowest BCUT2D eigenvalue weighted by Gasteiger charge is -2.19. The summed E-state index contributed by atoms with van der Waals surface area (Å²) in [5.41, 5.74) is 1.45. The molecule has 0 spiro atoms. The van der Waals surface area contributed by atoms with Crippen molar-refractivity contribution in [2.75, 3.05) is 0 Å². The number of carbonyl (C=O) groups is 1. The highest BCUT2D eigenvalue weighted by Crippen LogP contribution is 2.12. The minimum absolute atomic E-state index is 0.254. The van der Waals surface area contributed by atoms with Crippen LogP contribution in [0.25, 0.3) is 0 Å². The van der Waals surface area contributed by atoms with Gasteiger partial charge in [0.2, 0.25) is 0 Å². The molecule has 0 heterocycles. The summed E-state index contributed by atoms with van der Waals surface area (Å²) in [5, 5.41) is 0. The fourth-order valence-electron chi connectivity index (χ4n) is 1.43. The summed E-state index contributed by atoms with van der Waals surface area (Å²) in [6.07, 6.45) is 1.05. The van der Waals surface area contributed by atoms with Gasteiger partial charge in [0.25, 0.3) is 0 Å². The molecule has 0 saturated heterocycles. The number of hydrogen-bond acceptors (Lipinski definition) is 2. The zero-order chi connectivity index (χ0) is 12.2. The van der Waals surface area contributed by atoms with Gasteiger partial charge in [0.05, 0.1) is 5.56 Å². The van der Waals surface area contributed by atoms with Crippen LogP contribution in [0.15, 0.2) is 24.3 Å². The Morgan fingerprint density at radius 3 is 2.25 bits per heavy atom. The van der Waals surface area contributed by atoms with Crippen LogP contribution in [0.5, 0.6) is 0 Å². The monoisotopic (exact) mass is 218 g/mol. The standard InChI is InChI=1S/C13H19BO2/c1-13(2,3)16-12(15)11-7-5-10(6-8-11)9-14-4/h5-8,14H,9H2,1-4H3. The van der Waals surface area contributed by atoms with Crippen molar-refractivity contribution in [3.05, 3.63) is 35.4 Å². The van der Waals surface area contributed by atoms with E-state index in [-0.39, 0.29) is 5.97 Å². The number of benzene rings is 1. The lowest BCUT2D eigenvalue weighted by atomic mass is 9.75. The van der Waals surface area contributed by atoms with Crippen LogP contribution in [0.4, 0.5) is 0 Å². The smallest absolute Gasteiger partial charge is 0.338 e. The van der Waals surface area contributed by atoms with Crippen LogP contribution in [0.3, 0.4) is 0 Å². The second kappa shape index (κ2) is 5.19. The van der Waals surface area contributed by atoms with Crippen LogP contribution in [0, 0.1) is 0 Å². The van der Waals surface area contributed by atoms with Gasteiger partial charge in [-0.05, 0) is 32.9 Å². The Balaban J connectivity index is 2.70. The Hall–Kier alpha value is -1.25. The summed E-state index contributed by atoms with van der Waals surface area (Å²) >= 11 is 0. The second-order valence-corrected chi connectivity index (χ2v) is 4.95. The number of carbonyl (C=O) groups excluding carboxylic acids is 1. The zero-order valence-electron chi connectivity index (χ0n) is 10.5. The van der Waals surface area contributed by atoms with Crippen LogP contribution >= 0.6 is 0 Å². The molecule has 1 rings (SSSR count). The predicted octanol–water partition coefficient (Wildman–Crippen LogP) is 2.63. The molecule has 0 radical (unpaired) electrons. The van der Waals surface area contributed by atoms with Crippen LogP contribution in [-0.4, -0.2) is 18.8 Å². The number of rotatable bonds is 3. The molecule has 3 heteroatoms. The van der Waals surface area contributed by atoms with E-state index in [1.54, 1.807) is 0 Å². The molecule has 0 aromatic heterocycles. The molecule has 1 aromatic carbocycles. The minimum Gasteiger partial charge on any atom is -0.456 e. The van der Waals surface area contributed by atoms with E-state index in [0.29, 0.717) is 5.56 Å². The third kappa shape index (κ3) is 4.09. The van der Waals surface area contributed by atoms with E-state index in [1.807, 2.05) is 45.0 Å². The van der Waals surface area contributed by atoms with Gasteiger partial charge in [-0.3, -0.25) is 0 Å². The third-order valence-corrected chi connectivity index (χ3v) is 2.13. The summed E-state index contributed by atoms with van der Waals surface area (Å²) in [4.78, 5) is 11.7. The van der Waals surface area contributed by atoms with Gasteiger partial charge < -0.3 is 4.74 Å². The van der Waals surface area contributed by atoms with Gasteiger partial charge in [-0.2, -0.15) is 0 Å². The summed E-state index contributed by atoms with van der Waals surface area (Å²) in [6, 6.07) is 7.64. The molecule has 2 nitrogen and oxygen atoms in total. The maximum Gasteiger partial charge on any atom is 0.338 e. The van der Waals surface area contributed by atoms with Crippen molar-refractivity contribution in [3.63, 3.8) is 0 Å². The number of hydrogen-bond donors (Lipinski definition) is 0. The summed E-state index contributed by atoms with van der Waals surface area (Å²) < 4.78 is 5.28. The highest BCUT2D eigenvalue weighted by molar-refractivity contribution is 6.32. The average Bonchev–Trinajstić information content (AvgIpc) is 2.16. The lowest BCUT2D eigenvalue weighted by molar-refractivity contribution is 0.00696. The molecule has 0 aliphatic heterocycles. The van der Waals surface area contributed by atoms with Gasteiger partial charge in [0.1, 0.15) is 12.9 Å². The van der Waals surface area contributed by atoms with E-state index >= 15 is 0 Å². The van der Waals surface area contributed by atoms with E-state index in [2.05, 4.69) is 6.82 Å². The van der Waals surface area contributed by atoms with Gasteiger partial charge in [-0.1, -0.05) is 30.8 Å². The normalized spacial score (nSPS) is 11.0. The SMILES string of the molecule is CBCc1ccc(C(=O)OC(C)(C)C)cc1. The molecule has 86 valence electrons. The maximum atomic E-state index is 11.7. The van der Waals surface area contributed by atoms with Crippen molar-refractivity contribution in [2.45, 2.75) is 39.5 Å². The molecular formula is C13H19BO2. The van der Waals surface area contributed by atoms with Crippen molar-refractivity contribution in [1.29, 1.82) is 0 Å². The van der Waals surface area contributed by atoms with Gasteiger partial charge in [0.15, 0.2) is 0 Å². The third-order valence-electron chi connectivity index (χ3n) is 2.13. The van der Waals surface area contributed by atoms with Crippen molar-refractivity contribution in [1.82, 2.24) is 0 Å². The van der Waals surface area contributed by atoms with Crippen LogP contribution < -0.4 is 0 Å². The molecule has 0 fully saturated rings. The van der Waals surface area contributed by atoms with E-state index in [9.17, 15) is 4.79 Å². The van der Waals surface area contributed by atoms with Gasteiger partial charge in [-0.25, -0.2) is 4.79 Å². The summed E-state index contributed by atoms with van der Waals surface area (Å²) in [7, 11) is 1.12. The highest BCUT2D eigenvalue weighted by atomic mass is 16.6. The summed E-state index contributed by atoms with van der Waals surface area (Å²) in [6.45, 7) is 7.75. The number of esters is 1. The Kier molecular flexibility index (Phi) is 4.16. The largest absolute Gasteiger partial charge is 0.456 e. The van der Waals surface area contributed by atoms with E-state index in [0.717, 1.165) is 13.6 Å². The molecule has 0 saturated carbocycles. The van der Waals surface area contributed by atoms with Gasteiger partial charge in [0, 0.05) is 0 Å². The van der Waals surface area contributed by atoms with Crippen LogP contribution in [-0.2, 0) is 11.1 Å². The zero-order valence-corrected chi connectivity index (χ0v) is 10.5. The van der Waals surface area contributed by atoms with E-state index in [1.165, 1.54) is 5.56 Å². The first-order chi connectivity index (χ1) is 7.42. The average molecular weight is 218 g/mol. The van der Waals surface area contributed by atoms with Gasteiger partial charge in [-0.15, -0.1) is 0 Å². The fraction of sp³-hybridized carbons (Fsp3) is 0.462. The Labute approximate surface area is 98.2 Å². The topological polar surface area (TPSA) is 26.3 Å².